The van der Waals surface area contributed by atoms with E-state index in [4.69, 9.17) is 0 Å². The Kier molecular flexibility index (Phi) is 3.94. The molecule has 0 bridgehead atoms. The third kappa shape index (κ3) is 2.91. The molecule has 0 amide bonds. The first-order valence-corrected chi connectivity index (χ1v) is 6.32. The number of aryl methyl sites for hydroxylation is 2. The normalized spacial score (nSPS) is 11.4. The molecule has 0 saturated heterocycles. The van der Waals surface area contributed by atoms with Crippen LogP contribution in [0, 0.1) is 13.8 Å². The third-order valence-corrected chi connectivity index (χ3v) is 3.02. The van der Waals surface area contributed by atoms with Crippen LogP contribution in [-0.2, 0) is 0 Å². The van der Waals surface area contributed by atoms with Crippen LogP contribution in [0.15, 0.2) is 41.0 Å². The van der Waals surface area contributed by atoms with Crippen molar-refractivity contribution < 1.29 is 4.79 Å². The van der Waals surface area contributed by atoms with E-state index in [-0.39, 0.29) is 16.9 Å². The number of hydrogen-bond acceptors (Lipinski definition) is 3. The molecule has 0 aliphatic rings. The van der Waals surface area contributed by atoms with Crippen molar-refractivity contribution in [2.24, 2.45) is 0 Å². The molecule has 0 spiro atoms. The molecule has 2 aromatic rings. The zero-order chi connectivity index (χ0) is 14.7. The fourth-order valence-electron chi connectivity index (χ4n) is 2.11. The van der Waals surface area contributed by atoms with E-state index in [0.29, 0.717) is 11.1 Å². The van der Waals surface area contributed by atoms with Crippen molar-refractivity contribution in [2.75, 3.05) is 0 Å². The monoisotopic (exact) mass is 268 g/mol. The SMILES string of the molecule is CC(=Cc1cccnc1)C(=O)c1c(C)cc(C)[nH]c1=O. The van der Waals surface area contributed by atoms with Crippen LogP contribution in [0.25, 0.3) is 6.08 Å². The summed E-state index contributed by atoms with van der Waals surface area (Å²) in [5.74, 6) is -0.257. The summed E-state index contributed by atoms with van der Waals surface area (Å²) in [6.07, 6.45) is 5.07. The minimum atomic E-state index is -0.341. The number of hydrogen-bond donors (Lipinski definition) is 1. The van der Waals surface area contributed by atoms with Gasteiger partial charge in [0.1, 0.15) is 0 Å². The topological polar surface area (TPSA) is 62.8 Å². The van der Waals surface area contributed by atoms with E-state index in [1.165, 1.54) is 0 Å². The van der Waals surface area contributed by atoms with Crippen molar-refractivity contribution >= 4 is 11.9 Å². The lowest BCUT2D eigenvalue weighted by Gasteiger charge is -2.05. The number of carbonyl (C=O) groups excluding carboxylic acids is 1. The Labute approximate surface area is 117 Å². The second-order valence-corrected chi connectivity index (χ2v) is 4.78. The summed E-state index contributed by atoms with van der Waals surface area (Å²) in [5.41, 5.74) is 2.64. The first-order chi connectivity index (χ1) is 9.49. The average molecular weight is 268 g/mol. The molecule has 0 aliphatic carbocycles. The molecule has 20 heavy (non-hydrogen) atoms. The molecule has 0 unspecified atom stereocenters. The number of nitrogens with zero attached hydrogens (tertiary/aromatic N) is 1. The molecule has 4 nitrogen and oxygen atoms in total. The van der Waals surface area contributed by atoms with Crippen molar-refractivity contribution in [2.45, 2.75) is 20.8 Å². The van der Waals surface area contributed by atoms with Crippen molar-refractivity contribution in [1.82, 2.24) is 9.97 Å². The van der Waals surface area contributed by atoms with E-state index in [9.17, 15) is 9.59 Å². The lowest BCUT2D eigenvalue weighted by Crippen LogP contribution is -2.21. The maximum atomic E-state index is 12.4. The van der Waals surface area contributed by atoms with Gasteiger partial charge >= 0.3 is 0 Å². The minimum Gasteiger partial charge on any atom is -0.326 e. The summed E-state index contributed by atoms with van der Waals surface area (Å²) in [4.78, 5) is 31.0. The smallest absolute Gasteiger partial charge is 0.259 e. The number of Topliss-reactive ketones (excluding diaryl/α,β-unsaturated/α-hetero) is 1. The molecule has 0 radical (unpaired) electrons. The van der Waals surface area contributed by atoms with E-state index in [2.05, 4.69) is 9.97 Å². The summed E-state index contributed by atoms with van der Waals surface area (Å²) in [6.45, 7) is 5.27. The number of rotatable bonds is 3. The molecule has 102 valence electrons. The van der Waals surface area contributed by atoms with E-state index in [1.807, 2.05) is 6.07 Å². The first kappa shape index (κ1) is 13.9. The lowest BCUT2D eigenvalue weighted by atomic mass is 10.00. The molecular weight excluding hydrogens is 252 g/mol. The predicted molar refractivity (Wildman–Crippen MR) is 78.8 cm³/mol. The Balaban J connectivity index is 2.42. The molecule has 2 rings (SSSR count). The number of carbonyl (C=O) groups is 1. The summed E-state index contributed by atoms with van der Waals surface area (Å²) in [5, 5.41) is 0. The van der Waals surface area contributed by atoms with Crippen LogP contribution in [-0.4, -0.2) is 15.8 Å². The highest BCUT2D eigenvalue weighted by atomic mass is 16.1. The Hall–Kier alpha value is -2.49. The summed E-state index contributed by atoms with van der Waals surface area (Å²) >= 11 is 0. The highest BCUT2D eigenvalue weighted by Crippen LogP contribution is 2.12. The fraction of sp³-hybridized carbons (Fsp3) is 0.188. The molecule has 2 aromatic heterocycles. The van der Waals surface area contributed by atoms with E-state index >= 15 is 0 Å². The van der Waals surface area contributed by atoms with E-state index < -0.39 is 0 Å². The molecule has 2 heterocycles. The van der Waals surface area contributed by atoms with Crippen LogP contribution in [0.2, 0.25) is 0 Å². The van der Waals surface area contributed by atoms with Crippen molar-refractivity contribution in [1.29, 1.82) is 0 Å². The number of aromatic nitrogens is 2. The van der Waals surface area contributed by atoms with E-state index in [0.717, 1.165) is 11.3 Å². The standard InChI is InChI=1S/C16H16N2O2/c1-10-7-12(3)18-16(20)14(10)15(19)11(2)8-13-5-4-6-17-9-13/h4-9H,1-3H3,(H,18,20). The molecule has 0 aromatic carbocycles. The maximum absolute atomic E-state index is 12.4. The van der Waals surface area contributed by atoms with Crippen LogP contribution < -0.4 is 5.56 Å². The zero-order valence-corrected chi connectivity index (χ0v) is 11.7. The number of H-pyrrole nitrogens is 1. The molecule has 4 heteroatoms. The van der Waals surface area contributed by atoms with Gasteiger partial charge in [-0.25, -0.2) is 0 Å². The lowest BCUT2D eigenvalue weighted by molar-refractivity contribution is 0.103. The van der Waals surface area contributed by atoms with Gasteiger partial charge in [0.25, 0.3) is 5.56 Å². The summed E-state index contributed by atoms with van der Waals surface area (Å²) in [6, 6.07) is 5.45. The molecule has 1 N–H and O–H groups in total. The average Bonchev–Trinajstić information content (AvgIpc) is 2.38. The molecule has 0 aliphatic heterocycles. The number of aromatic amines is 1. The highest BCUT2D eigenvalue weighted by Gasteiger charge is 2.15. The number of nitrogens with one attached hydrogen (secondary N) is 1. The zero-order valence-electron chi connectivity index (χ0n) is 11.7. The van der Waals surface area contributed by atoms with Gasteiger partial charge in [0.2, 0.25) is 0 Å². The van der Waals surface area contributed by atoms with Gasteiger partial charge in [0.15, 0.2) is 5.78 Å². The van der Waals surface area contributed by atoms with Crippen molar-refractivity contribution in [3.8, 4) is 0 Å². The Morgan fingerprint density at radius 1 is 1.35 bits per heavy atom. The first-order valence-electron chi connectivity index (χ1n) is 6.32. The predicted octanol–water partition coefficient (Wildman–Crippen LogP) is 2.67. The third-order valence-electron chi connectivity index (χ3n) is 3.02. The van der Waals surface area contributed by atoms with Gasteiger partial charge < -0.3 is 4.98 Å². The van der Waals surface area contributed by atoms with Gasteiger partial charge in [-0.1, -0.05) is 6.07 Å². The van der Waals surface area contributed by atoms with Crippen LogP contribution in [0.4, 0.5) is 0 Å². The van der Waals surface area contributed by atoms with Gasteiger partial charge in [0, 0.05) is 18.1 Å². The quantitative estimate of drug-likeness (QED) is 0.687. The van der Waals surface area contributed by atoms with Crippen LogP contribution in [0.1, 0.15) is 34.1 Å². The van der Waals surface area contributed by atoms with Crippen LogP contribution in [0.5, 0.6) is 0 Å². The molecule has 0 saturated carbocycles. The molecule has 0 fully saturated rings. The Morgan fingerprint density at radius 2 is 2.10 bits per heavy atom. The van der Waals surface area contributed by atoms with Gasteiger partial charge in [-0.2, -0.15) is 0 Å². The van der Waals surface area contributed by atoms with Gasteiger partial charge in [-0.15, -0.1) is 0 Å². The summed E-state index contributed by atoms with van der Waals surface area (Å²) < 4.78 is 0. The van der Waals surface area contributed by atoms with Crippen molar-refractivity contribution in [3.63, 3.8) is 0 Å². The second-order valence-electron chi connectivity index (χ2n) is 4.78. The number of pyridine rings is 2. The van der Waals surface area contributed by atoms with Gasteiger partial charge in [-0.05, 0) is 55.7 Å². The number of ketones is 1. The maximum Gasteiger partial charge on any atom is 0.259 e. The van der Waals surface area contributed by atoms with Gasteiger partial charge in [-0.3, -0.25) is 14.6 Å². The minimum absolute atomic E-state index is 0.202. The molecule has 0 atom stereocenters. The van der Waals surface area contributed by atoms with Crippen LogP contribution >= 0.6 is 0 Å². The largest absolute Gasteiger partial charge is 0.326 e. The van der Waals surface area contributed by atoms with Crippen molar-refractivity contribution in [3.05, 3.63) is 68.9 Å². The highest BCUT2D eigenvalue weighted by molar-refractivity contribution is 6.11. The molecular formula is C16H16N2O2. The number of allylic oxidation sites excluding steroid dienone is 1. The summed E-state index contributed by atoms with van der Waals surface area (Å²) in [7, 11) is 0. The Morgan fingerprint density at radius 3 is 2.70 bits per heavy atom. The van der Waals surface area contributed by atoms with Crippen LogP contribution in [0.3, 0.4) is 0 Å². The second kappa shape index (κ2) is 5.65. The Bertz CT molecular complexity index is 728. The fourth-order valence-corrected chi connectivity index (χ4v) is 2.11. The van der Waals surface area contributed by atoms with E-state index in [1.54, 1.807) is 51.4 Å². The van der Waals surface area contributed by atoms with Gasteiger partial charge in [0.05, 0.1) is 5.56 Å².